The number of hydrogen-bond donors (Lipinski definition) is 2. The number of nitrogens with one attached hydrogen (secondary N) is 2. The monoisotopic (exact) mass is 426 g/mol. The van der Waals surface area contributed by atoms with E-state index in [1.807, 2.05) is 0 Å². The third-order valence-corrected chi connectivity index (χ3v) is 4.22. The summed E-state index contributed by atoms with van der Waals surface area (Å²) in [5.74, 6) is -1.83. The summed E-state index contributed by atoms with van der Waals surface area (Å²) in [6.45, 7) is -0.457. The number of carbonyl (C=O) groups is 3. The highest BCUT2D eigenvalue weighted by atomic mass is 35.5. The van der Waals surface area contributed by atoms with E-state index in [0.29, 0.717) is 16.4 Å². The number of ether oxygens (including phenoxy) is 1. The van der Waals surface area contributed by atoms with E-state index in [1.165, 1.54) is 36.4 Å². The molecular formula is C19H17Cl2FN2O4. The predicted molar refractivity (Wildman–Crippen MR) is 105 cm³/mol. The van der Waals surface area contributed by atoms with E-state index in [4.69, 9.17) is 27.9 Å². The number of esters is 1. The molecule has 148 valence electrons. The van der Waals surface area contributed by atoms with Crippen molar-refractivity contribution in [2.75, 3.05) is 17.2 Å². The maximum Gasteiger partial charge on any atom is 0.306 e. The summed E-state index contributed by atoms with van der Waals surface area (Å²) in [6.07, 6.45) is 0.319. The molecular weight excluding hydrogens is 410 g/mol. The number of carbonyl (C=O) groups excluding carboxylic acids is 3. The lowest BCUT2D eigenvalue weighted by atomic mass is 10.2. The van der Waals surface area contributed by atoms with E-state index in [0.717, 1.165) is 0 Å². The molecule has 2 amide bonds. The number of amides is 2. The van der Waals surface area contributed by atoms with Crippen LogP contribution in [-0.2, 0) is 19.1 Å². The highest BCUT2D eigenvalue weighted by molar-refractivity contribution is 6.42. The first kappa shape index (κ1) is 21.7. The molecule has 0 saturated carbocycles. The van der Waals surface area contributed by atoms with Gasteiger partial charge in [-0.1, -0.05) is 23.2 Å². The van der Waals surface area contributed by atoms with Crippen LogP contribution >= 0.6 is 23.2 Å². The molecule has 6 nitrogen and oxygen atoms in total. The summed E-state index contributed by atoms with van der Waals surface area (Å²) in [7, 11) is 0. The molecule has 0 aliphatic rings. The minimum Gasteiger partial charge on any atom is -0.456 e. The number of rotatable bonds is 8. The quantitative estimate of drug-likeness (QED) is 0.611. The molecule has 2 aromatic carbocycles. The van der Waals surface area contributed by atoms with Crippen molar-refractivity contribution in [1.29, 1.82) is 0 Å². The molecule has 0 saturated heterocycles. The number of hydrogen-bond acceptors (Lipinski definition) is 4. The fourth-order valence-electron chi connectivity index (χ4n) is 2.14. The van der Waals surface area contributed by atoms with Crippen LogP contribution in [0.4, 0.5) is 15.8 Å². The zero-order valence-electron chi connectivity index (χ0n) is 14.6. The van der Waals surface area contributed by atoms with Crippen LogP contribution in [0.25, 0.3) is 0 Å². The Kier molecular flexibility index (Phi) is 8.22. The highest BCUT2D eigenvalue weighted by Gasteiger charge is 2.10. The molecule has 0 unspecified atom stereocenters. The van der Waals surface area contributed by atoms with Gasteiger partial charge in [-0.3, -0.25) is 14.4 Å². The molecule has 0 aliphatic carbocycles. The Morgan fingerprint density at radius 2 is 1.50 bits per heavy atom. The third-order valence-electron chi connectivity index (χ3n) is 3.48. The first-order valence-corrected chi connectivity index (χ1v) is 9.05. The molecule has 9 heteroatoms. The Morgan fingerprint density at radius 3 is 2.18 bits per heavy atom. The molecule has 0 spiro atoms. The summed E-state index contributed by atoms with van der Waals surface area (Å²) in [4.78, 5) is 35.2. The van der Waals surface area contributed by atoms with Crippen molar-refractivity contribution >= 4 is 52.4 Å². The van der Waals surface area contributed by atoms with Gasteiger partial charge >= 0.3 is 5.97 Å². The van der Waals surface area contributed by atoms with Gasteiger partial charge in [0.05, 0.1) is 10.0 Å². The molecule has 0 aliphatic heterocycles. The summed E-state index contributed by atoms with van der Waals surface area (Å²) in [5, 5.41) is 5.75. The van der Waals surface area contributed by atoms with Crippen LogP contribution in [0.15, 0.2) is 42.5 Å². The van der Waals surface area contributed by atoms with Gasteiger partial charge in [-0.2, -0.15) is 0 Å². The fourth-order valence-corrected chi connectivity index (χ4v) is 2.44. The van der Waals surface area contributed by atoms with Gasteiger partial charge in [-0.15, -0.1) is 0 Å². The largest absolute Gasteiger partial charge is 0.456 e. The molecule has 0 aromatic heterocycles. The van der Waals surface area contributed by atoms with Crippen LogP contribution in [0, 0.1) is 5.82 Å². The molecule has 0 fully saturated rings. The van der Waals surface area contributed by atoms with E-state index in [-0.39, 0.29) is 30.2 Å². The average Bonchev–Trinajstić information content (AvgIpc) is 2.65. The number of anilines is 2. The van der Waals surface area contributed by atoms with Gasteiger partial charge in [0.1, 0.15) is 5.82 Å². The molecule has 0 atom stereocenters. The van der Waals surface area contributed by atoms with Crippen LogP contribution < -0.4 is 10.6 Å². The topological polar surface area (TPSA) is 84.5 Å². The number of halogens is 3. The first-order valence-electron chi connectivity index (χ1n) is 8.29. The normalized spacial score (nSPS) is 10.2. The molecule has 0 heterocycles. The molecule has 2 N–H and O–H groups in total. The molecule has 2 rings (SSSR count). The van der Waals surface area contributed by atoms with E-state index in [2.05, 4.69) is 10.6 Å². The van der Waals surface area contributed by atoms with E-state index in [9.17, 15) is 18.8 Å². The Labute approximate surface area is 171 Å². The van der Waals surface area contributed by atoms with Crippen molar-refractivity contribution in [3.8, 4) is 0 Å². The average molecular weight is 427 g/mol. The van der Waals surface area contributed by atoms with Crippen LogP contribution in [-0.4, -0.2) is 24.4 Å². The number of benzene rings is 2. The Hall–Kier alpha value is -2.64. The van der Waals surface area contributed by atoms with Gasteiger partial charge in [-0.25, -0.2) is 4.39 Å². The Bertz CT molecular complexity index is 860. The van der Waals surface area contributed by atoms with Gasteiger partial charge in [0.25, 0.3) is 5.91 Å². The van der Waals surface area contributed by atoms with Gasteiger partial charge in [0.15, 0.2) is 6.61 Å². The van der Waals surface area contributed by atoms with E-state index < -0.39 is 24.3 Å². The van der Waals surface area contributed by atoms with Gasteiger partial charge in [0, 0.05) is 24.2 Å². The van der Waals surface area contributed by atoms with E-state index >= 15 is 0 Å². The molecule has 28 heavy (non-hydrogen) atoms. The van der Waals surface area contributed by atoms with Gasteiger partial charge in [-0.05, 0) is 48.9 Å². The summed E-state index contributed by atoms with van der Waals surface area (Å²) >= 11 is 11.6. The van der Waals surface area contributed by atoms with Crippen molar-refractivity contribution in [2.24, 2.45) is 0 Å². The van der Waals surface area contributed by atoms with Crippen molar-refractivity contribution in [3.05, 3.63) is 58.3 Å². The lowest BCUT2D eigenvalue weighted by molar-refractivity contribution is -0.147. The van der Waals surface area contributed by atoms with Crippen LogP contribution in [0.2, 0.25) is 10.0 Å². The SMILES string of the molecule is O=C(CCCC(=O)OCC(=O)Nc1ccc(Cl)c(Cl)c1)Nc1ccc(F)cc1. The zero-order chi connectivity index (χ0) is 20.5. The van der Waals surface area contributed by atoms with Crippen molar-refractivity contribution in [3.63, 3.8) is 0 Å². The van der Waals surface area contributed by atoms with Crippen molar-refractivity contribution in [2.45, 2.75) is 19.3 Å². The smallest absolute Gasteiger partial charge is 0.306 e. The molecule has 0 radical (unpaired) electrons. The highest BCUT2D eigenvalue weighted by Crippen LogP contribution is 2.24. The van der Waals surface area contributed by atoms with Crippen molar-refractivity contribution in [1.82, 2.24) is 0 Å². The maximum atomic E-state index is 12.8. The van der Waals surface area contributed by atoms with Crippen LogP contribution in [0.5, 0.6) is 0 Å². The molecule has 0 bridgehead atoms. The summed E-state index contributed by atoms with van der Waals surface area (Å²) in [6, 6.07) is 9.91. The third kappa shape index (κ3) is 7.54. The fraction of sp³-hybridized carbons (Fsp3) is 0.211. The lowest BCUT2D eigenvalue weighted by Gasteiger charge is -2.08. The van der Waals surface area contributed by atoms with Gasteiger partial charge < -0.3 is 15.4 Å². The Morgan fingerprint density at radius 1 is 0.857 bits per heavy atom. The standard InChI is InChI=1S/C19H17Cl2FN2O4/c20-15-9-8-14(10-16(15)21)24-18(26)11-28-19(27)3-1-2-17(25)23-13-6-4-12(22)5-7-13/h4-10H,1-3,11H2,(H,23,25)(H,24,26). The predicted octanol–water partition coefficient (Wildman–Crippen LogP) is 4.42. The Balaban J connectivity index is 1.63. The zero-order valence-corrected chi connectivity index (χ0v) is 16.1. The van der Waals surface area contributed by atoms with E-state index in [1.54, 1.807) is 6.07 Å². The minimum absolute atomic E-state index is 0.0170. The van der Waals surface area contributed by atoms with Crippen molar-refractivity contribution < 1.29 is 23.5 Å². The second-order valence-corrected chi connectivity index (χ2v) is 6.56. The van der Waals surface area contributed by atoms with Crippen LogP contribution in [0.3, 0.4) is 0 Å². The lowest BCUT2D eigenvalue weighted by Crippen LogP contribution is -2.21. The summed E-state index contributed by atoms with van der Waals surface area (Å²) < 4.78 is 17.7. The molecule has 2 aromatic rings. The van der Waals surface area contributed by atoms with Gasteiger partial charge in [0.2, 0.25) is 5.91 Å². The second-order valence-electron chi connectivity index (χ2n) is 5.75. The first-order chi connectivity index (χ1) is 13.3. The minimum atomic E-state index is -0.598. The van der Waals surface area contributed by atoms with Crippen LogP contribution in [0.1, 0.15) is 19.3 Å². The summed E-state index contributed by atoms with van der Waals surface area (Å²) in [5.41, 5.74) is 0.890. The maximum absolute atomic E-state index is 12.8. The second kappa shape index (κ2) is 10.6.